The molecule has 218 valence electrons. The van der Waals surface area contributed by atoms with Crippen LogP contribution in [0.25, 0.3) is 17.2 Å². The first kappa shape index (κ1) is 32.2. The van der Waals surface area contributed by atoms with E-state index in [-0.39, 0.29) is 24.0 Å². The van der Waals surface area contributed by atoms with E-state index >= 15 is 0 Å². The van der Waals surface area contributed by atoms with Crippen LogP contribution in [0.15, 0.2) is 71.0 Å². The van der Waals surface area contributed by atoms with E-state index in [0.29, 0.717) is 0 Å². The predicted octanol–water partition coefficient (Wildman–Crippen LogP) is 7.34. The molecule has 0 bridgehead atoms. The summed E-state index contributed by atoms with van der Waals surface area (Å²) >= 11 is 0. The number of nitrogens with zero attached hydrogens (tertiary/aromatic N) is 1. The van der Waals surface area contributed by atoms with Crippen LogP contribution < -0.4 is 38.6 Å². The van der Waals surface area contributed by atoms with Crippen molar-refractivity contribution in [2.24, 2.45) is 0 Å². The van der Waals surface area contributed by atoms with E-state index in [2.05, 4.69) is 28.9 Å². The molecule has 0 saturated carbocycles. The molecule has 4 nitrogen and oxygen atoms in total. The van der Waals surface area contributed by atoms with E-state index in [1.165, 1.54) is 103 Å². The van der Waals surface area contributed by atoms with Gasteiger partial charge in [0.1, 0.15) is 0 Å². The smallest absolute Gasteiger partial charge is 0.374 e. The van der Waals surface area contributed by atoms with Crippen molar-refractivity contribution < 1.29 is 37.7 Å². The number of unbranched alkanes of at least 4 members (excludes halogenated alkanes) is 15. The van der Waals surface area contributed by atoms with E-state index in [4.69, 9.17) is 9.15 Å². The average molecular weight is 657 g/mol. The Morgan fingerprint density at radius 2 is 1.27 bits per heavy atom. The summed E-state index contributed by atoms with van der Waals surface area (Å²) in [6, 6.07) is 16.3. The second-order valence-corrected chi connectivity index (χ2v) is 11.0. The number of fused-ring (bicyclic) bond motifs is 2. The zero-order valence-corrected chi connectivity index (χ0v) is 26.7. The Labute approximate surface area is 259 Å². The molecule has 4 rings (SSSR count). The van der Waals surface area contributed by atoms with Gasteiger partial charge in [0, 0.05) is 12.5 Å². The summed E-state index contributed by atoms with van der Waals surface area (Å²) in [5, 5.41) is 3.30. The highest BCUT2D eigenvalue weighted by Gasteiger charge is 2.20. The van der Waals surface area contributed by atoms with Crippen molar-refractivity contribution >= 4 is 22.9 Å². The number of aromatic nitrogens is 1. The van der Waals surface area contributed by atoms with Crippen LogP contribution in [-0.2, 0) is 6.54 Å². The number of hydrogen-bond donors (Lipinski definition) is 1. The number of rotatable bonds is 19. The molecule has 1 N–H and O–H groups in total. The maximum atomic E-state index is 6.19. The number of hydrogen-bond acceptors (Lipinski definition) is 3. The summed E-state index contributed by atoms with van der Waals surface area (Å²) < 4.78 is 14.4. The fourth-order valence-electron chi connectivity index (χ4n) is 5.45. The van der Waals surface area contributed by atoms with E-state index in [0.717, 1.165) is 40.9 Å². The Bertz CT molecular complexity index is 1160. The molecule has 2 heterocycles. The maximum absolute atomic E-state index is 6.19. The van der Waals surface area contributed by atoms with Crippen LogP contribution in [0.2, 0.25) is 0 Å². The number of ether oxygens (including phenoxy) is 1. The van der Waals surface area contributed by atoms with Gasteiger partial charge in [-0.2, -0.15) is 4.57 Å². The molecule has 1 aliphatic rings. The highest BCUT2D eigenvalue weighted by molar-refractivity contribution is 5.69. The number of anilines is 1. The second-order valence-electron chi connectivity index (χ2n) is 11.0. The predicted molar refractivity (Wildman–Crippen MR) is 164 cm³/mol. The molecule has 5 heteroatoms. The van der Waals surface area contributed by atoms with Crippen LogP contribution in [0.5, 0.6) is 5.75 Å². The van der Waals surface area contributed by atoms with Gasteiger partial charge in [-0.15, -0.1) is 0 Å². The van der Waals surface area contributed by atoms with Crippen LogP contribution >= 0.6 is 0 Å². The summed E-state index contributed by atoms with van der Waals surface area (Å²) in [4.78, 5) is 0. The van der Waals surface area contributed by atoms with Crippen molar-refractivity contribution in [1.29, 1.82) is 0 Å². The molecule has 0 radical (unpaired) electrons. The quantitative estimate of drug-likeness (QED) is 0.0834. The fraction of sp³-hybridized carbons (Fsp3) is 0.514. The van der Waals surface area contributed by atoms with Crippen molar-refractivity contribution in [3.05, 3.63) is 72.5 Å². The van der Waals surface area contributed by atoms with Crippen LogP contribution in [0.4, 0.5) is 5.69 Å². The zero-order chi connectivity index (χ0) is 27.0. The molecule has 0 unspecified atom stereocenters. The maximum Gasteiger partial charge on any atom is 0.374 e. The topological polar surface area (TPSA) is 38.3 Å². The number of allylic oxidation sites excluding steroid dienone is 2. The Hall–Kier alpha value is -2.28. The van der Waals surface area contributed by atoms with Crippen molar-refractivity contribution in [2.75, 3.05) is 5.32 Å². The van der Waals surface area contributed by atoms with Crippen molar-refractivity contribution in [2.45, 2.75) is 116 Å². The molecule has 0 spiro atoms. The van der Waals surface area contributed by atoms with E-state index in [1.807, 2.05) is 54.6 Å². The summed E-state index contributed by atoms with van der Waals surface area (Å²) in [6.07, 6.45) is 28.2. The standard InChI is InChI=1S/C35H48N2O2.HI/c1-2-3-4-5-6-7-8-9-10-11-12-13-14-15-16-21-29-37-31-24-18-20-26-33(31)39-35(37)28-22-27-34-36-30-23-17-19-25-32(30)38-34;/h17-20,22-28H,2-16,21,29H2,1H3;1H. The van der Waals surface area contributed by atoms with Crippen LogP contribution in [0.3, 0.4) is 0 Å². The minimum Gasteiger partial charge on any atom is -1.00 e. The lowest BCUT2D eigenvalue weighted by Gasteiger charge is -2.03. The van der Waals surface area contributed by atoms with Gasteiger partial charge in [-0.25, -0.2) is 0 Å². The first-order valence-corrected chi connectivity index (χ1v) is 15.7. The van der Waals surface area contributed by atoms with Gasteiger partial charge in [0.15, 0.2) is 18.2 Å². The molecular weight excluding hydrogens is 607 g/mol. The molecule has 1 aromatic heterocycles. The lowest BCUT2D eigenvalue weighted by Crippen LogP contribution is -3.00. The third-order valence-electron chi connectivity index (χ3n) is 7.72. The van der Waals surface area contributed by atoms with Crippen LogP contribution in [0, 0.1) is 0 Å². The fourth-order valence-corrected chi connectivity index (χ4v) is 5.45. The van der Waals surface area contributed by atoms with Gasteiger partial charge in [-0.1, -0.05) is 121 Å². The number of oxazole rings is 1. The highest BCUT2D eigenvalue weighted by Crippen LogP contribution is 2.32. The Morgan fingerprint density at radius 3 is 1.93 bits per heavy atom. The normalized spacial score (nSPS) is 13.5. The summed E-state index contributed by atoms with van der Waals surface area (Å²) in [5.74, 6) is 2.47. The molecular formula is C35H49IN2O2. The number of para-hydroxylation sites is 4. The lowest BCUT2D eigenvalue weighted by molar-refractivity contribution is -0.678. The van der Waals surface area contributed by atoms with Gasteiger partial charge in [-0.05, 0) is 36.8 Å². The molecule has 40 heavy (non-hydrogen) atoms. The van der Waals surface area contributed by atoms with Gasteiger partial charge in [0.2, 0.25) is 5.58 Å². The minimum absolute atomic E-state index is 0. The molecule has 0 saturated heterocycles. The van der Waals surface area contributed by atoms with E-state index < -0.39 is 0 Å². The van der Waals surface area contributed by atoms with Crippen LogP contribution in [-0.4, -0.2) is 0 Å². The van der Waals surface area contributed by atoms with Crippen molar-refractivity contribution in [1.82, 2.24) is 0 Å². The van der Waals surface area contributed by atoms with Gasteiger partial charge in [0.25, 0.3) is 5.52 Å². The highest BCUT2D eigenvalue weighted by atomic mass is 127. The van der Waals surface area contributed by atoms with Gasteiger partial charge in [-0.3, -0.25) is 0 Å². The first-order chi connectivity index (χ1) is 19.3. The minimum atomic E-state index is 0. The van der Waals surface area contributed by atoms with E-state index in [9.17, 15) is 0 Å². The number of benzene rings is 2. The van der Waals surface area contributed by atoms with Gasteiger partial charge >= 0.3 is 5.89 Å². The lowest BCUT2D eigenvalue weighted by atomic mass is 10.0. The Balaban J connectivity index is 0.00000441. The third kappa shape index (κ3) is 10.6. The molecule has 2 aromatic carbocycles. The van der Waals surface area contributed by atoms with E-state index in [1.54, 1.807) is 0 Å². The Morgan fingerprint density at radius 1 is 0.700 bits per heavy atom. The largest absolute Gasteiger partial charge is 1.00 e. The Kier molecular flexibility index (Phi) is 15.3. The molecule has 0 atom stereocenters. The average Bonchev–Trinajstić information content (AvgIpc) is 3.53. The van der Waals surface area contributed by atoms with Gasteiger partial charge < -0.3 is 38.4 Å². The molecule has 0 amide bonds. The van der Waals surface area contributed by atoms with Gasteiger partial charge in [0.05, 0.1) is 11.8 Å². The summed E-state index contributed by atoms with van der Waals surface area (Å²) in [5.41, 5.74) is 3.09. The second kappa shape index (κ2) is 19.0. The number of aryl methyl sites for hydroxylation is 1. The van der Waals surface area contributed by atoms with Crippen LogP contribution in [0.1, 0.15) is 116 Å². The monoisotopic (exact) mass is 656 g/mol. The van der Waals surface area contributed by atoms with Crippen molar-refractivity contribution in [3.63, 3.8) is 0 Å². The SMILES string of the molecule is CCCCCCCCCCCCCCCCCC[n+]1c(C=CC=C2Nc3ccccc3O2)oc2ccccc21.[I-]. The first-order valence-electron chi connectivity index (χ1n) is 15.7. The molecule has 1 aliphatic heterocycles. The molecule has 0 aliphatic carbocycles. The number of nitrogens with one attached hydrogen (secondary N) is 1. The molecule has 0 fully saturated rings. The third-order valence-corrected chi connectivity index (χ3v) is 7.72. The summed E-state index contributed by atoms with van der Waals surface area (Å²) in [6.45, 7) is 3.27. The molecule has 3 aromatic rings. The van der Waals surface area contributed by atoms with Crippen molar-refractivity contribution in [3.8, 4) is 5.75 Å². The zero-order valence-electron chi connectivity index (χ0n) is 24.5. The number of halogens is 1. The summed E-state index contributed by atoms with van der Waals surface area (Å²) in [7, 11) is 0.